The molecule has 8 amide bonds. The van der Waals surface area contributed by atoms with Crippen molar-refractivity contribution < 1.29 is 68.0 Å². The summed E-state index contributed by atoms with van der Waals surface area (Å²) >= 11 is 6.54. The Balaban J connectivity index is 1.11. The van der Waals surface area contributed by atoms with Crippen molar-refractivity contribution in [2.24, 2.45) is 11.7 Å². The highest BCUT2D eigenvalue weighted by molar-refractivity contribution is 7.15. The van der Waals surface area contributed by atoms with Gasteiger partial charge in [0.15, 0.2) is 0 Å². The zero-order chi connectivity index (χ0) is 65.4. The fraction of sp³-hybridized carbons (Fsp3) is 0.304. The number of aryl methyl sites for hydroxylation is 1. The number of primary amides is 1. The van der Waals surface area contributed by atoms with E-state index in [9.17, 15) is 63.3 Å². The summed E-state index contributed by atoms with van der Waals surface area (Å²) in [6, 6.07) is 5.24. The number of amides is 8. The van der Waals surface area contributed by atoms with Crippen LogP contribution in [0.5, 0.6) is 0 Å². The third-order valence-electron chi connectivity index (χ3n) is 13.5. The highest BCUT2D eigenvalue weighted by Gasteiger charge is 2.34. The van der Waals surface area contributed by atoms with E-state index >= 15 is 0 Å². The van der Waals surface area contributed by atoms with Crippen molar-refractivity contribution in [3.8, 4) is 43.4 Å². The molecular formula is C56H55N15O14S6. The molecule has 91 heavy (non-hydrogen) atoms. The number of carbonyl (C=O) groups excluding carboxylic acids is 8. The van der Waals surface area contributed by atoms with E-state index in [0.29, 0.717) is 36.6 Å². The minimum Gasteiger partial charge on any atom is -0.481 e. The fourth-order valence-electron chi connectivity index (χ4n) is 8.97. The highest BCUT2D eigenvalue weighted by atomic mass is 32.1. The van der Waals surface area contributed by atoms with Crippen LogP contribution in [0.1, 0.15) is 130 Å². The molecule has 12 N–H and O–H groups in total. The summed E-state index contributed by atoms with van der Waals surface area (Å²) < 4.78 is 5.43. The summed E-state index contributed by atoms with van der Waals surface area (Å²) in [5.41, 5.74) is 6.67. The first-order valence-electron chi connectivity index (χ1n) is 27.3. The number of aliphatic carboxylic acids is 2. The number of hydrogen-bond acceptors (Lipinski definition) is 25. The minimum absolute atomic E-state index is 0.0102. The number of benzene rings is 1. The molecule has 0 aliphatic carbocycles. The van der Waals surface area contributed by atoms with E-state index in [1.54, 1.807) is 60.1 Å². The number of carboxylic acid groups (broad SMARTS) is 2. The van der Waals surface area contributed by atoms with E-state index in [1.807, 2.05) is 13.8 Å². The second-order valence-electron chi connectivity index (χ2n) is 20.4. The maximum absolute atomic E-state index is 14.3. The molecule has 1 aliphatic heterocycles. The Morgan fingerprint density at radius 3 is 2.04 bits per heavy atom. The van der Waals surface area contributed by atoms with Crippen LogP contribution in [-0.2, 0) is 40.1 Å². The number of carbonyl (C=O) groups is 10. The van der Waals surface area contributed by atoms with Crippen LogP contribution in [0.15, 0.2) is 64.0 Å². The number of fused-ring (bicyclic) bond motifs is 14. The second-order valence-corrected chi connectivity index (χ2v) is 26.2. The van der Waals surface area contributed by atoms with Crippen LogP contribution in [0.3, 0.4) is 0 Å². The summed E-state index contributed by atoms with van der Waals surface area (Å²) in [4.78, 5) is 166. The van der Waals surface area contributed by atoms with Crippen molar-refractivity contribution in [1.29, 1.82) is 0 Å². The molecule has 9 rings (SSSR count). The number of rotatable bonds is 17. The molecule has 29 nitrogen and oxygen atoms in total. The van der Waals surface area contributed by atoms with Crippen molar-refractivity contribution in [1.82, 2.24) is 72.1 Å². The van der Waals surface area contributed by atoms with Crippen LogP contribution in [0, 0.1) is 12.8 Å². The Bertz CT molecular complexity index is 4100. The smallest absolute Gasteiger partial charge is 0.305 e. The molecule has 0 radical (unpaired) electrons. The number of aliphatic hydroxyl groups excluding tert-OH is 1. The molecule has 1 aromatic carbocycles. The molecule has 4 unspecified atom stereocenters. The Morgan fingerprint density at radius 2 is 1.34 bits per heavy atom. The summed E-state index contributed by atoms with van der Waals surface area (Å²) in [5, 5.41) is 56.8. The van der Waals surface area contributed by atoms with E-state index in [1.165, 1.54) is 24.9 Å². The third-order valence-corrected chi connectivity index (χ3v) is 19.2. The van der Waals surface area contributed by atoms with Gasteiger partial charge < -0.3 is 63.0 Å². The molecule has 10 bridgehead atoms. The average Bonchev–Trinajstić information content (AvgIpc) is 1.80. The molecule has 0 saturated carbocycles. The number of aliphatic hydroxyl groups is 1. The van der Waals surface area contributed by atoms with Crippen molar-refractivity contribution in [3.05, 3.63) is 117 Å². The number of nitrogens with one attached hydrogen (secondary N) is 7. The van der Waals surface area contributed by atoms with Gasteiger partial charge in [-0.25, -0.2) is 34.9 Å². The van der Waals surface area contributed by atoms with Crippen LogP contribution in [0.2, 0.25) is 0 Å². The van der Waals surface area contributed by atoms with E-state index in [2.05, 4.69) is 52.2 Å². The normalized spacial score (nSPS) is 16.5. The van der Waals surface area contributed by atoms with Gasteiger partial charge in [-0.1, -0.05) is 44.2 Å². The lowest BCUT2D eigenvalue weighted by atomic mass is 10.0. The number of thiazole rings is 6. The zero-order valence-corrected chi connectivity index (χ0v) is 53.3. The maximum atomic E-state index is 14.3. The van der Waals surface area contributed by atoms with Gasteiger partial charge in [0.25, 0.3) is 23.6 Å². The fourth-order valence-corrected chi connectivity index (χ4v) is 14.5. The Labute approximate surface area is 539 Å². The number of hydrogen-bond donors (Lipinski definition) is 11. The Morgan fingerprint density at radius 1 is 0.670 bits per heavy atom. The van der Waals surface area contributed by atoms with Gasteiger partial charge in [-0.2, -0.15) is 0 Å². The number of nitrogens with zero attached hydrogens (tertiary/aromatic N) is 7. The lowest BCUT2D eigenvalue weighted by Gasteiger charge is -2.23. The first kappa shape index (κ1) is 66.2. The summed E-state index contributed by atoms with van der Waals surface area (Å²) in [6.45, 7) is 4.77. The van der Waals surface area contributed by atoms with Gasteiger partial charge in [0.2, 0.25) is 23.6 Å². The van der Waals surface area contributed by atoms with Crippen molar-refractivity contribution in [2.45, 2.75) is 83.0 Å². The third kappa shape index (κ3) is 15.9. The van der Waals surface area contributed by atoms with E-state index in [4.69, 9.17) is 30.4 Å². The SMILES string of the molecule is CNC(=O)CC1NC(=O)c2csc(n2)-c2ccc(-c3nc(C(=O)N[C@H](CC(=O)O)C(=O)N[C@@H](CC(=O)O)C(N)=O)cs3)nc2-c2csc(n2)-c2csc(n2)C(C(O)c2ccccc2)NC(=O)CNC(=O)c2nc(sc2COC)C(C(C)C)NC(=O)c2nc1sc2C. The van der Waals surface area contributed by atoms with Gasteiger partial charge in [0.1, 0.15) is 94.1 Å². The van der Waals surface area contributed by atoms with Gasteiger partial charge in [-0.15, -0.1) is 68.0 Å². The number of nitrogens with two attached hydrogens (primary N) is 1. The molecule has 8 heterocycles. The molecule has 6 atom stereocenters. The van der Waals surface area contributed by atoms with Crippen LogP contribution < -0.4 is 43.0 Å². The van der Waals surface area contributed by atoms with Gasteiger partial charge in [-0.3, -0.25) is 47.9 Å². The van der Waals surface area contributed by atoms with Crippen molar-refractivity contribution >= 4 is 127 Å². The standard InChI is InChI=1S/C56H55N15O14S6/c1-22(2)39-56-71-42(34(91-56)17-85-5)49(83)59-16-36(73)68-43(44(78)24-9-7-6-8-10-24)55-67-33(21-89-55)53-64-30(18-87-53)41-25(51-65-31(19-86-51)48(82)63-29(13-35(72)58-4)54-70-40(23(3)90-54)50(84)69-39)11-12-26(60-41)52-66-32(20-88-52)47(81)62-28(15-38(76)77)46(80)61-27(45(57)79)14-37(74)75/h6-12,18-22,27-29,39,43-44,78H,13-17H2,1-5H3,(H2,57,79)(H,58,72)(H,59,83)(H,61,80)(H,62,81)(H,63,82)(H,68,73)(H,69,84)(H,74,75)(H,76,77)/t27-,28+,29?,39?,43?,44?/m0/s1. The topological polar surface area (TPSA) is 441 Å². The zero-order valence-electron chi connectivity index (χ0n) is 48.4. The molecule has 1 aliphatic rings. The molecular weight excluding hydrogens is 1300 g/mol. The Kier molecular flexibility index (Phi) is 21.2. The van der Waals surface area contributed by atoms with Crippen molar-refractivity contribution in [2.75, 3.05) is 20.7 Å². The Hall–Kier alpha value is -9.23. The number of carboxylic acids is 2. The number of methoxy groups -OCH3 is 1. The largest absolute Gasteiger partial charge is 0.481 e. The number of pyridine rings is 1. The lowest BCUT2D eigenvalue weighted by molar-refractivity contribution is -0.142. The van der Waals surface area contributed by atoms with Gasteiger partial charge >= 0.3 is 11.9 Å². The lowest BCUT2D eigenvalue weighted by Crippen LogP contribution is -2.54. The predicted molar refractivity (Wildman–Crippen MR) is 334 cm³/mol. The molecule has 8 aromatic rings. The van der Waals surface area contributed by atoms with E-state index in [-0.39, 0.29) is 78.8 Å². The van der Waals surface area contributed by atoms with Crippen LogP contribution in [-0.4, -0.2) is 142 Å². The second kappa shape index (κ2) is 29.2. The van der Waals surface area contributed by atoms with Crippen LogP contribution >= 0.6 is 68.0 Å². The molecule has 0 fully saturated rings. The van der Waals surface area contributed by atoms with Gasteiger partial charge in [0, 0.05) is 46.1 Å². The first-order valence-corrected chi connectivity index (χ1v) is 32.4. The molecule has 7 aromatic heterocycles. The van der Waals surface area contributed by atoms with Gasteiger partial charge in [0.05, 0.1) is 55.1 Å². The van der Waals surface area contributed by atoms with Crippen molar-refractivity contribution in [3.63, 3.8) is 0 Å². The molecule has 35 heteroatoms. The summed E-state index contributed by atoms with van der Waals surface area (Å²) in [6.07, 6.45) is -3.51. The highest BCUT2D eigenvalue weighted by Crippen LogP contribution is 2.40. The summed E-state index contributed by atoms with van der Waals surface area (Å²) in [7, 11) is 2.87. The number of aromatic nitrogens is 7. The maximum Gasteiger partial charge on any atom is 0.305 e. The monoisotopic (exact) mass is 1350 g/mol. The number of ether oxygens (including phenoxy) is 1. The van der Waals surface area contributed by atoms with Crippen LogP contribution in [0.4, 0.5) is 0 Å². The first-order chi connectivity index (χ1) is 43.5. The molecule has 0 spiro atoms. The van der Waals surface area contributed by atoms with E-state index < -0.39 is 115 Å². The summed E-state index contributed by atoms with van der Waals surface area (Å²) in [5.74, 6) is -9.89. The van der Waals surface area contributed by atoms with E-state index in [0.717, 1.165) is 68.0 Å². The van der Waals surface area contributed by atoms with Gasteiger partial charge in [-0.05, 0) is 30.5 Å². The minimum atomic E-state index is -1.81. The predicted octanol–water partition coefficient (Wildman–Crippen LogP) is 4.33. The van der Waals surface area contributed by atoms with Crippen LogP contribution in [0.25, 0.3) is 43.4 Å². The average molecular weight is 1350 g/mol. The quantitative estimate of drug-likeness (QED) is 0.0604. The molecule has 474 valence electrons. The molecule has 0 saturated heterocycles.